The van der Waals surface area contributed by atoms with Crippen molar-refractivity contribution in [2.75, 3.05) is 13.1 Å². The van der Waals surface area contributed by atoms with Crippen molar-refractivity contribution in [3.63, 3.8) is 0 Å². The lowest BCUT2D eigenvalue weighted by Crippen LogP contribution is -2.34. The van der Waals surface area contributed by atoms with E-state index in [1.54, 1.807) is 12.1 Å². The normalized spacial score (nSPS) is 17.5. The monoisotopic (exact) mass is 322 g/mol. The van der Waals surface area contributed by atoms with E-state index < -0.39 is 5.76 Å². The standard InChI is InChI=1S/C19H18N2O3/c22-18(13-21-16-8-4-5-9-17(16)24-19(21)23)20-11-10-15(12-20)14-6-2-1-3-7-14/h1-9,15H,10-13H2/t15-/m0/s1. The molecular weight excluding hydrogens is 304 g/mol. The van der Waals surface area contributed by atoms with Gasteiger partial charge in [0, 0.05) is 19.0 Å². The second-order valence-corrected chi connectivity index (χ2v) is 6.16. The van der Waals surface area contributed by atoms with E-state index in [2.05, 4.69) is 12.1 Å². The highest BCUT2D eigenvalue weighted by molar-refractivity contribution is 5.79. The number of oxazole rings is 1. The Kier molecular flexibility index (Phi) is 3.69. The molecule has 0 unspecified atom stereocenters. The molecule has 24 heavy (non-hydrogen) atoms. The molecule has 2 aromatic carbocycles. The molecular formula is C19H18N2O3. The van der Waals surface area contributed by atoms with E-state index >= 15 is 0 Å². The minimum atomic E-state index is -0.483. The van der Waals surface area contributed by atoms with E-state index in [0.29, 0.717) is 23.6 Å². The Morgan fingerprint density at radius 2 is 1.83 bits per heavy atom. The second kappa shape index (κ2) is 6.00. The van der Waals surface area contributed by atoms with Crippen LogP contribution in [0.2, 0.25) is 0 Å². The van der Waals surface area contributed by atoms with Crippen LogP contribution in [0, 0.1) is 0 Å². The van der Waals surface area contributed by atoms with Crippen LogP contribution in [0.3, 0.4) is 0 Å². The quantitative estimate of drug-likeness (QED) is 0.745. The maximum Gasteiger partial charge on any atom is 0.420 e. The Labute approximate surface area is 139 Å². The summed E-state index contributed by atoms with van der Waals surface area (Å²) in [5, 5.41) is 0. The van der Waals surface area contributed by atoms with E-state index in [4.69, 9.17) is 4.42 Å². The first-order chi connectivity index (χ1) is 11.7. The molecule has 1 aliphatic heterocycles. The lowest BCUT2D eigenvalue weighted by atomic mass is 9.99. The van der Waals surface area contributed by atoms with Crippen molar-refractivity contribution in [3.8, 4) is 0 Å². The minimum absolute atomic E-state index is 0.0252. The first-order valence-electron chi connectivity index (χ1n) is 8.13. The van der Waals surface area contributed by atoms with E-state index in [1.807, 2.05) is 35.2 Å². The molecule has 1 atom stereocenters. The number of aromatic nitrogens is 1. The molecule has 1 aromatic heterocycles. The van der Waals surface area contributed by atoms with Gasteiger partial charge in [0.05, 0.1) is 5.52 Å². The van der Waals surface area contributed by atoms with Crippen molar-refractivity contribution in [1.82, 2.24) is 9.47 Å². The Hall–Kier alpha value is -2.82. The summed E-state index contributed by atoms with van der Waals surface area (Å²) in [5.41, 5.74) is 2.44. The Balaban J connectivity index is 1.51. The summed E-state index contributed by atoms with van der Waals surface area (Å²) in [6.45, 7) is 1.45. The lowest BCUT2D eigenvalue weighted by Gasteiger charge is -2.17. The number of likely N-dealkylation sites (tertiary alicyclic amines) is 1. The molecule has 0 N–H and O–H groups in total. The van der Waals surface area contributed by atoms with Crippen molar-refractivity contribution in [2.45, 2.75) is 18.9 Å². The third-order valence-electron chi connectivity index (χ3n) is 4.68. The number of benzene rings is 2. The SMILES string of the molecule is O=C(Cn1c(=O)oc2ccccc21)N1CC[C@H](c2ccccc2)C1. The lowest BCUT2D eigenvalue weighted by molar-refractivity contribution is -0.130. The van der Waals surface area contributed by atoms with Gasteiger partial charge in [-0.25, -0.2) is 4.79 Å². The number of fused-ring (bicyclic) bond motifs is 1. The molecule has 2 heterocycles. The van der Waals surface area contributed by atoms with Gasteiger partial charge in [-0.05, 0) is 24.1 Å². The molecule has 0 radical (unpaired) electrons. The largest absolute Gasteiger partial charge is 0.420 e. The smallest absolute Gasteiger partial charge is 0.408 e. The van der Waals surface area contributed by atoms with E-state index in [1.165, 1.54) is 10.1 Å². The van der Waals surface area contributed by atoms with Crippen LogP contribution in [-0.2, 0) is 11.3 Å². The zero-order valence-electron chi connectivity index (χ0n) is 13.2. The predicted octanol–water partition coefficient (Wildman–Crippen LogP) is 2.61. The molecule has 0 aliphatic carbocycles. The zero-order chi connectivity index (χ0) is 16.5. The van der Waals surface area contributed by atoms with Gasteiger partial charge in [-0.1, -0.05) is 42.5 Å². The van der Waals surface area contributed by atoms with E-state index in [9.17, 15) is 9.59 Å². The molecule has 1 fully saturated rings. The number of carbonyl (C=O) groups is 1. The van der Waals surface area contributed by atoms with E-state index in [0.717, 1.165) is 13.0 Å². The summed E-state index contributed by atoms with van der Waals surface area (Å²) < 4.78 is 6.60. The van der Waals surface area contributed by atoms with Crippen LogP contribution in [0.15, 0.2) is 63.8 Å². The Bertz CT molecular complexity index is 926. The highest BCUT2D eigenvalue weighted by Crippen LogP contribution is 2.27. The van der Waals surface area contributed by atoms with Gasteiger partial charge >= 0.3 is 5.76 Å². The van der Waals surface area contributed by atoms with Crippen molar-refractivity contribution >= 4 is 17.0 Å². The van der Waals surface area contributed by atoms with Crippen molar-refractivity contribution in [3.05, 3.63) is 70.7 Å². The van der Waals surface area contributed by atoms with Crippen LogP contribution in [0.4, 0.5) is 0 Å². The number of hydrogen-bond acceptors (Lipinski definition) is 3. The van der Waals surface area contributed by atoms with E-state index in [-0.39, 0.29) is 12.5 Å². The average molecular weight is 322 g/mol. The van der Waals surface area contributed by atoms with Gasteiger partial charge in [0.25, 0.3) is 0 Å². The Morgan fingerprint density at radius 1 is 1.08 bits per heavy atom. The van der Waals surface area contributed by atoms with Crippen molar-refractivity contribution in [1.29, 1.82) is 0 Å². The fourth-order valence-electron chi connectivity index (χ4n) is 3.38. The van der Waals surface area contributed by atoms with Crippen LogP contribution in [0.25, 0.3) is 11.1 Å². The first kappa shape index (κ1) is 14.8. The number of hydrogen-bond donors (Lipinski definition) is 0. The van der Waals surface area contributed by atoms with Crippen LogP contribution in [0.1, 0.15) is 17.9 Å². The maximum absolute atomic E-state index is 12.6. The third-order valence-corrected chi connectivity index (χ3v) is 4.68. The van der Waals surface area contributed by atoms with Gasteiger partial charge in [0.2, 0.25) is 5.91 Å². The summed E-state index contributed by atoms with van der Waals surface area (Å²) in [6, 6.07) is 17.4. The van der Waals surface area contributed by atoms with Crippen LogP contribution < -0.4 is 5.76 Å². The summed E-state index contributed by atoms with van der Waals surface area (Å²) in [4.78, 5) is 26.4. The second-order valence-electron chi connectivity index (χ2n) is 6.16. The predicted molar refractivity (Wildman–Crippen MR) is 90.9 cm³/mol. The average Bonchev–Trinajstić information content (AvgIpc) is 3.21. The maximum atomic E-state index is 12.6. The zero-order valence-corrected chi connectivity index (χ0v) is 13.2. The molecule has 0 bridgehead atoms. The number of carbonyl (C=O) groups excluding carboxylic acids is 1. The van der Waals surface area contributed by atoms with Gasteiger partial charge < -0.3 is 9.32 Å². The van der Waals surface area contributed by atoms with Gasteiger partial charge in [-0.15, -0.1) is 0 Å². The topological polar surface area (TPSA) is 55.5 Å². The number of amides is 1. The molecule has 1 amide bonds. The molecule has 5 nitrogen and oxygen atoms in total. The molecule has 1 aliphatic rings. The fourth-order valence-corrected chi connectivity index (χ4v) is 3.38. The van der Waals surface area contributed by atoms with Crippen molar-refractivity contribution in [2.24, 2.45) is 0 Å². The highest BCUT2D eigenvalue weighted by atomic mass is 16.4. The molecule has 5 heteroatoms. The van der Waals surface area contributed by atoms with Crippen LogP contribution in [-0.4, -0.2) is 28.5 Å². The molecule has 0 saturated carbocycles. The molecule has 4 rings (SSSR count). The summed E-state index contributed by atoms with van der Waals surface area (Å²) in [7, 11) is 0. The van der Waals surface area contributed by atoms with Gasteiger partial charge in [-0.2, -0.15) is 0 Å². The summed E-state index contributed by atoms with van der Waals surface area (Å²) in [5.74, 6) is -0.154. The number of nitrogens with zero attached hydrogens (tertiary/aromatic N) is 2. The molecule has 3 aromatic rings. The number of rotatable bonds is 3. The fraction of sp³-hybridized carbons (Fsp3) is 0.263. The van der Waals surface area contributed by atoms with Gasteiger partial charge in [0.1, 0.15) is 6.54 Å². The van der Waals surface area contributed by atoms with Gasteiger partial charge in [-0.3, -0.25) is 9.36 Å². The minimum Gasteiger partial charge on any atom is -0.408 e. The molecule has 0 spiro atoms. The molecule has 122 valence electrons. The van der Waals surface area contributed by atoms with Gasteiger partial charge in [0.15, 0.2) is 5.58 Å². The van der Waals surface area contributed by atoms with Crippen LogP contribution in [0.5, 0.6) is 0 Å². The molecule has 1 saturated heterocycles. The number of para-hydroxylation sites is 2. The highest BCUT2D eigenvalue weighted by Gasteiger charge is 2.27. The van der Waals surface area contributed by atoms with Crippen LogP contribution >= 0.6 is 0 Å². The van der Waals surface area contributed by atoms with Crippen molar-refractivity contribution < 1.29 is 9.21 Å². The summed E-state index contributed by atoms with van der Waals surface area (Å²) >= 11 is 0. The Morgan fingerprint density at radius 3 is 2.67 bits per heavy atom. The summed E-state index contributed by atoms with van der Waals surface area (Å²) in [6.07, 6.45) is 0.955. The third kappa shape index (κ3) is 2.62. The first-order valence-corrected chi connectivity index (χ1v) is 8.13.